The molecule has 0 spiro atoms. The predicted molar refractivity (Wildman–Crippen MR) is 161 cm³/mol. The molecule has 0 aromatic carbocycles. The molecule has 0 amide bonds. The Balaban J connectivity index is 0.00000400. The smallest absolute Gasteiger partial charge is 0.131 e. The Morgan fingerprint density at radius 3 is 2.08 bits per heavy atom. The molecular formula is C35H57NO. The Morgan fingerprint density at radius 1 is 0.973 bits per heavy atom. The molecule has 0 aliphatic heterocycles. The van der Waals surface area contributed by atoms with Crippen molar-refractivity contribution < 1.29 is 6.53 Å². The van der Waals surface area contributed by atoms with Crippen LogP contribution in [0, 0.1) is 40.4 Å². The number of nitrogens with one attached hydrogen (secondary N) is 1. The topological polar surface area (TPSA) is 32.3 Å². The molecule has 4 rings (SSSR count). The van der Waals surface area contributed by atoms with Crippen LogP contribution >= 0.6 is 0 Å². The molecule has 1 unspecified atom stereocenters. The van der Waals surface area contributed by atoms with E-state index in [0.29, 0.717) is 28.6 Å². The molecule has 2 nitrogen and oxygen atoms in total. The van der Waals surface area contributed by atoms with Crippen LogP contribution in [0.25, 0.3) is 0 Å². The summed E-state index contributed by atoms with van der Waals surface area (Å²) >= 11 is 0. The molecule has 3 atom stereocenters. The first-order valence-electron chi connectivity index (χ1n) is 15.3. The molecule has 4 aliphatic carbocycles. The second-order valence-electron chi connectivity index (χ2n) is 14.5. The van der Waals surface area contributed by atoms with Crippen molar-refractivity contribution in [3.8, 4) is 0 Å². The van der Waals surface area contributed by atoms with Crippen LogP contribution in [0.4, 0.5) is 0 Å². The number of hydrogen-bond donors (Lipinski definition) is 2. The lowest BCUT2D eigenvalue weighted by molar-refractivity contribution is 0.0320. The fourth-order valence-electron chi connectivity index (χ4n) is 7.29. The zero-order chi connectivity index (χ0) is 26.8. The first-order valence-corrected chi connectivity index (χ1v) is 15.3. The maximum absolute atomic E-state index is 10.8. The summed E-state index contributed by atoms with van der Waals surface area (Å²) in [6.45, 7) is 19.2. The van der Waals surface area contributed by atoms with Gasteiger partial charge in [-0.15, -0.1) is 0 Å². The lowest BCUT2D eigenvalue weighted by Crippen LogP contribution is -2.43. The summed E-state index contributed by atoms with van der Waals surface area (Å²) in [5, 5.41) is 14.2. The van der Waals surface area contributed by atoms with E-state index in [1.165, 1.54) is 74.5 Å². The standard InChI is InChI=1S/C35H55NO.H2/c1-8-29(33(37)36-23-28-14-12-27(13-15-28)21-26-10-11-26)16-9-24(2)19-30-22-32-31(20-25(30)3)34(4,5)17-18-35(32,6)7;/h8-9,16,20,22,26-28,31-33,36-37H,1,10-15,17-19,21,23H2,2-7H3;1H/b24-9+,29-16+;/t27?,28?,31?,32-,33+;/m0./s1. The first-order chi connectivity index (χ1) is 17.5. The second kappa shape index (κ2) is 11.8. The molecule has 0 saturated heterocycles. The number of fused-ring (bicyclic) bond motifs is 1. The summed E-state index contributed by atoms with van der Waals surface area (Å²) < 4.78 is 0. The van der Waals surface area contributed by atoms with Crippen LogP contribution in [-0.2, 0) is 0 Å². The molecule has 2 heteroatoms. The van der Waals surface area contributed by atoms with Crippen molar-refractivity contribution in [3.63, 3.8) is 0 Å². The van der Waals surface area contributed by atoms with E-state index in [1.54, 1.807) is 6.08 Å². The first kappa shape index (κ1) is 28.6. The number of aliphatic hydroxyl groups is 1. The van der Waals surface area contributed by atoms with Gasteiger partial charge in [-0.1, -0.05) is 101 Å². The molecule has 208 valence electrons. The van der Waals surface area contributed by atoms with Gasteiger partial charge >= 0.3 is 0 Å². The van der Waals surface area contributed by atoms with Gasteiger partial charge in [0.25, 0.3) is 0 Å². The van der Waals surface area contributed by atoms with Gasteiger partial charge < -0.3 is 5.11 Å². The number of allylic oxidation sites excluding steroid dienone is 7. The summed E-state index contributed by atoms with van der Waals surface area (Å²) in [4.78, 5) is 0. The van der Waals surface area contributed by atoms with Gasteiger partial charge in [-0.2, -0.15) is 0 Å². The fraction of sp³-hybridized carbons (Fsp3) is 0.714. The maximum atomic E-state index is 10.8. The van der Waals surface area contributed by atoms with Crippen molar-refractivity contribution >= 4 is 0 Å². The summed E-state index contributed by atoms with van der Waals surface area (Å²) in [7, 11) is 0. The van der Waals surface area contributed by atoms with Crippen molar-refractivity contribution in [2.45, 2.75) is 112 Å². The van der Waals surface area contributed by atoms with Crippen LogP contribution in [0.1, 0.15) is 107 Å². The third kappa shape index (κ3) is 7.39. The van der Waals surface area contributed by atoms with E-state index in [9.17, 15) is 5.11 Å². The highest BCUT2D eigenvalue weighted by molar-refractivity contribution is 5.40. The van der Waals surface area contributed by atoms with Gasteiger partial charge in [0, 0.05) is 7.97 Å². The lowest BCUT2D eigenvalue weighted by Gasteiger charge is -2.52. The Kier molecular flexibility index (Phi) is 9.12. The molecule has 0 radical (unpaired) electrons. The molecule has 0 aromatic rings. The maximum Gasteiger partial charge on any atom is 0.131 e. The van der Waals surface area contributed by atoms with E-state index in [4.69, 9.17) is 0 Å². The minimum absolute atomic E-state index is 0. The van der Waals surface area contributed by atoms with E-state index in [2.05, 4.69) is 77.7 Å². The van der Waals surface area contributed by atoms with E-state index in [-0.39, 0.29) is 1.43 Å². The third-order valence-corrected chi connectivity index (χ3v) is 10.4. The predicted octanol–water partition coefficient (Wildman–Crippen LogP) is 9.16. The Labute approximate surface area is 230 Å². The molecule has 0 heterocycles. The molecule has 0 aromatic heterocycles. The molecule has 4 aliphatic rings. The largest absolute Gasteiger partial charge is 0.374 e. The van der Waals surface area contributed by atoms with Gasteiger partial charge in [0.1, 0.15) is 6.23 Å². The highest BCUT2D eigenvalue weighted by Gasteiger charge is 2.47. The highest BCUT2D eigenvalue weighted by Crippen LogP contribution is 2.56. The molecule has 37 heavy (non-hydrogen) atoms. The number of aliphatic hydroxyl groups excluding tert-OH is 1. The van der Waals surface area contributed by atoms with Gasteiger partial charge in [-0.3, -0.25) is 5.32 Å². The normalized spacial score (nSPS) is 32.7. The van der Waals surface area contributed by atoms with Crippen LogP contribution in [0.5, 0.6) is 0 Å². The van der Waals surface area contributed by atoms with Gasteiger partial charge in [0.05, 0.1) is 0 Å². The van der Waals surface area contributed by atoms with Crippen LogP contribution < -0.4 is 5.32 Å². The summed E-state index contributed by atoms with van der Waals surface area (Å²) in [5.41, 5.74) is 5.83. The Morgan fingerprint density at radius 2 is 1.51 bits per heavy atom. The number of hydrogen-bond acceptors (Lipinski definition) is 2. The third-order valence-electron chi connectivity index (χ3n) is 10.4. The monoisotopic (exact) mass is 507 g/mol. The van der Waals surface area contributed by atoms with Crippen molar-refractivity contribution in [2.75, 3.05) is 6.54 Å². The van der Waals surface area contributed by atoms with Crippen molar-refractivity contribution in [2.24, 2.45) is 40.4 Å². The van der Waals surface area contributed by atoms with Gasteiger partial charge in [-0.25, -0.2) is 0 Å². The zero-order valence-electron chi connectivity index (χ0n) is 24.8. The van der Waals surface area contributed by atoms with Crippen LogP contribution in [0.3, 0.4) is 0 Å². The molecule has 2 N–H and O–H groups in total. The van der Waals surface area contributed by atoms with E-state index in [0.717, 1.165) is 30.4 Å². The molecular weight excluding hydrogens is 450 g/mol. The quantitative estimate of drug-likeness (QED) is 0.228. The van der Waals surface area contributed by atoms with Gasteiger partial charge in [0.15, 0.2) is 0 Å². The van der Waals surface area contributed by atoms with Crippen molar-refractivity contribution in [3.05, 3.63) is 59.3 Å². The minimum atomic E-state index is -0.646. The average molecular weight is 508 g/mol. The Hall–Kier alpha value is -1.38. The minimum Gasteiger partial charge on any atom is -0.374 e. The SMILES string of the molecule is C=C/C(=C\C=C(/C)CC1=C[C@H]2C(C=C1C)C(C)(C)CCC2(C)C)[C@@H](O)NCC1CCC(CC2CC2)CC1.[HH]. The molecule has 3 saturated carbocycles. The van der Waals surface area contributed by atoms with Gasteiger partial charge in [-0.05, 0) is 104 Å². The zero-order valence-corrected chi connectivity index (χ0v) is 24.8. The summed E-state index contributed by atoms with van der Waals surface area (Å²) in [6, 6.07) is 0. The second-order valence-corrected chi connectivity index (χ2v) is 14.5. The fourth-order valence-corrected chi connectivity index (χ4v) is 7.29. The summed E-state index contributed by atoms with van der Waals surface area (Å²) in [6.07, 6.45) is 23.9. The van der Waals surface area contributed by atoms with Crippen LogP contribution in [-0.4, -0.2) is 17.9 Å². The Bertz CT molecular complexity index is 939. The van der Waals surface area contributed by atoms with E-state index < -0.39 is 6.23 Å². The van der Waals surface area contributed by atoms with Crippen molar-refractivity contribution in [1.29, 1.82) is 0 Å². The van der Waals surface area contributed by atoms with Crippen molar-refractivity contribution in [1.82, 2.24) is 5.32 Å². The highest BCUT2D eigenvalue weighted by atomic mass is 16.3. The lowest BCUT2D eigenvalue weighted by atomic mass is 9.52. The average Bonchev–Trinajstić information content (AvgIpc) is 3.67. The van der Waals surface area contributed by atoms with E-state index in [1.807, 2.05) is 0 Å². The molecule has 3 fully saturated rings. The van der Waals surface area contributed by atoms with Crippen LogP contribution in [0.15, 0.2) is 59.3 Å². The van der Waals surface area contributed by atoms with Crippen LogP contribution in [0.2, 0.25) is 0 Å². The van der Waals surface area contributed by atoms with Gasteiger partial charge in [0.2, 0.25) is 0 Å². The van der Waals surface area contributed by atoms with E-state index >= 15 is 0 Å². The summed E-state index contributed by atoms with van der Waals surface area (Å²) in [5.74, 6) is 3.95. The molecule has 0 bridgehead atoms. The number of rotatable bonds is 10.